The Balaban J connectivity index is 0.00000316. The van der Waals surface area contributed by atoms with Gasteiger partial charge < -0.3 is 19.5 Å². The third-order valence-electron chi connectivity index (χ3n) is 6.26. The van der Waals surface area contributed by atoms with Gasteiger partial charge in [0.05, 0.1) is 12.4 Å². The molecule has 1 fully saturated rings. The monoisotopic (exact) mass is 498 g/mol. The van der Waals surface area contributed by atoms with E-state index < -0.39 is 0 Å². The van der Waals surface area contributed by atoms with Gasteiger partial charge in [0, 0.05) is 44.8 Å². The molecule has 0 bridgehead atoms. The lowest BCUT2D eigenvalue weighted by molar-refractivity contribution is -0.133. The first-order chi connectivity index (χ1) is 17.5. The fourth-order valence-electron chi connectivity index (χ4n) is 4.34. The molecule has 36 heavy (non-hydrogen) atoms. The molecular weight excluding hydrogens is 452 g/mol. The summed E-state index contributed by atoms with van der Waals surface area (Å²) >= 11 is 0. The molecule has 0 aromatic carbocycles. The third kappa shape index (κ3) is 10.9. The van der Waals surface area contributed by atoms with Crippen LogP contribution < -0.4 is 0 Å². The maximum Gasteiger partial charge on any atom is 0.252 e. The van der Waals surface area contributed by atoms with Crippen molar-refractivity contribution < 1.29 is 19.4 Å². The first kappa shape index (κ1) is 31.4. The molecule has 2 rings (SSSR count). The molecule has 1 aliphatic heterocycles. The van der Waals surface area contributed by atoms with Gasteiger partial charge in [0.2, 0.25) is 0 Å². The van der Waals surface area contributed by atoms with Gasteiger partial charge in [-0.2, -0.15) is 0 Å². The van der Waals surface area contributed by atoms with Crippen molar-refractivity contribution in [3.63, 3.8) is 0 Å². The summed E-state index contributed by atoms with van der Waals surface area (Å²) in [5.41, 5.74) is 0.711. The summed E-state index contributed by atoms with van der Waals surface area (Å²) in [5.74, 6) is 1.72. The van der Waals surface area contributed by atoms with Crippen LogP contribution in [0.5, 0.6) is 0 Å². The number of methoxy groups -OCH3 is 1. The molecule has 0 radical (unpaired) electrons. The Morgan fingerprint density at radius 1 is 1.17 bits per heavy atom. The van der Waals surface area contributed by atoms with Crippen LogP contribution in [0.1, 0.15) is 26.7 Å². The minimum atomic E-state index is -0.0410. The second-order valence-electron chi connectivity index (χ2n) is 8.76. The number of aliphatic hydroxyl groups excluding tert-OH is 1. The second-order valence-corrected chi connectivity index (χ2v) is 8.76. The fourth-order valence-corrected chi connectivity index (χ4v) is 4.34. The summed E-state index contributed by atoms with van der Waals surface area (Å²) in [6.07, 6.45) is 22.9. The van der Waals surface area contributed by atoms with E-state index >= 15 is 0 Å². The number of nitrogens with zero attached hydrogens (tertiary/aromatic N) is 2. The van der Waals surface area contributed by atoms with Crippen molar-refractivity contribution in [2.45, 2.75) is 26.7 Å². The molecule has 0 aromatic rings. The van der Waals surface area contributed by atoms with Gasteiger partial charge >= 0.3 is 0 Å². The molecule has 1 aliphatic carbocycles. The van der Waals surface area contributed by atoms with Crippen LogP contribution in [-0.2, 0) is 14.3 Å². The predicted octanol–water partition coefficient (Wildman–Crippen LogP) is 4.89. The minimum Gasteiger partial charge on any atom is -0.498 e. The van der Waals surface area contributed by atoms with Crippen molar-refractivity contribution in [3.05, 3.63) is 85.4 Å². The molecule has 6 nitrogen and oxygen atoms in total. The van der Waals surface area contributed by atoms with E-state index in [1.165, 1.54) is 0 Å². The van der Waals surface area contributed by atoms with Crippen molar-refractivity contribution in [2.24, 2.45) is 17.8 Å². The second kappa shape index (κ2) is 18.6. The number of piperidine rings is 1. The quantitative estimate of drug-likeness (QED) is 0.223. The third-order valence-corrected chi connectivity index (χ3v) is 6.26. The van der Waals surface area contributed by atoms with Gasteiger partial charge in [-0.15, -0.1) is 0 Å². The molecule has 1 saturated heterocycles. The highest BCUT2D eigenvalue weighted by Crippen LogP contribution is 2.28. The van der Waals surface area contributed by atoms with Gasteiger partial charge in [-0.3, -0.25) is 9.69 Å². The maximum atomic E-state index is 12.6. The number of likely N-dealkylation sites (tertiary alicyclic amines) is 1. The normalized spacial score (nSPS) is 20.6. The highest BCUT2D eigenvalue weighted by atomic mass is 16.5. The summed E-state index contributed by atoms with van der Waals surface area (Å²) in [7, 11) is 2.55. The lowest BCUT2D eigenvalue weighted by atomic mass is 9.87. The lowest BCUT2D eigenvalue weighted by Crippen LogP contribution is -2.41. The standard InChI is InChI=1S/C29H42N2O3.CH4O/c1-6-8-9-13-24(3)31(29(32)23-33-5)22-26-17-20-30(21-18-26)19-12-15-27-14-10-11-16-28(27)25(4)34-7-2;1-2/h6,8-16,26-28H,3-4,7,17-23H2,1-2,5H3;2H,1H3/b8-6-,13-9-,15-12+;. The van der Waals surface area contributed by atoms with Crippen molar-refractivity contribution in [1.29, 1.82) is 0 Å². The van der Waals surface area contributed by atoms with E-state index in [1.54, 1.807) is 12.0 Å². The van der Waals surface area contributed by atoms with E-state index in [0.717, 1.165) is 45.3 Å². The number of amides is 1. The Morgan fingerprint density at radius 2 is 1.86 bits per heavy atom. The van der Waals surface area contributed by atoms with Crippen molar-refractivity contribution in [1.82, 2.24) is 9.80 Å². The zero-order valence-corrected chi connectivity index (χ0v) is 22.6. The van der Waals surface area contributed by atoms with Gasteiger partial charge in [-0.1, -0.05) is 67.8 Å². The van der Waals surface area contributed by atoms with E-state index in [4.69, 9.17) is 14.6 Å². The van der Waals surface area contributed by atoms with E-state index in [1.807, 2.05) is 38.2 Å². The molecule has 1 amide bonds. The summed E-state index contributed by atoms with van der Waals surface area (Å²) < 4.78 is 10.7. The molecular formula is C30H46N2O4. The average molecular weight is 499 g/mol. The molecule has 0 saturated carbocycles. The largest absolute Gasteiger partial charge is 0.498 e. The molecule has 6 heteroatoms. The summed E-state index contributed by atoms with van der Waals surface area (Å²) in [6.45, 7) is 16.5. The first-order valence-electron chi connectivity index (χ1n) is 12.8. The molecule has 2 atom stereocenters. The Morgan fingerprint density at radius 3 is 2.50 bits per heavy atom. The predicted molar refractivity (Wildman–Crippen MR) is 149 cm³/mol. The summed E-state index contributed by atoms with van der Waals surface area (Å²) in [4.78, 5) is 16.9. The number of carbonyl (C=O) groups is 1. The summed E-state index contributed by atoms with van der Waals surface area (Å²) in [5, 5.41) is 7.00. The molecule has 0 aromatic heterocycles. The van der Waals surface area contributed by atoms with Gasteiger partial charge in [0.1, 0.15) is 6.61 Å². The van der Waals surface area contributed by atoms with Gasteiger partial charge in [0.15, 0.2) is 0 Å². The molecule has 1 heterocycles. The van der Waals surface area contributed by atoms with Crippen LogP contribution in [0, 0.1) is 17.8 Å². The van der Waals surface area contributed by atoms with Crippen LogP contribution in [0.25, 0.3) is 0 Å². The lowest BCUT2D eigenvalue weighted by Gasteiger charge is -2.34. The van der Waals surface area contributed by atoms with Crippen molar-refractivity contribution in [3.8, 4) is 0 Å². The molecule has 200 valence electrons. The van der Waals surface area contributed by atoms with Crippen molar-refractivity contribution in [2.75, 3.05) is 53.6 Å². The number of allylic oxidation sites excluding steroid dienone is 9. The number of rotatable bonds is 13. The van der Waals surface area contributed by atoms with E-state index in [0.29, 0.717) is 24.8 Å². The van der Waals surface area contributed by atoms with Crippen LogP contribution >= 0.6 is 0 Å². The zero-order chi connectivity index (χ0) is 26.8. The molecule has 0 spiro atoms. The number of hydrogen-bond donors (Lipinski definition) is 1. The van der Waals surface area contributed by atoms with Crippen LogP contribution in [0.2, 0.25) is 0 Å². The van der Waals surface area contributed by atoms with Gasteiger partial charge in [-0.25, -0.2) is 0 Å². The molecule has 2 aliphatic rings. The van der Waals surface area contributed by atoms with Crippen LogP contribution in [0.15, 0.2) is 85.4 Å². The Kier molecular flexibility index (Phi) is 16.2. The summed E-state index contributed by atoms with van der Waals surface area (Å²) in [6, 6.07) is 0. The highest BCUT2D eigenvalue weighted by molar-refractivity contribution is 5.79. The van der Waals surface area contributed by atoms with E-state index in [9.17, 15) is 4.79 Å². The Labute approximate surface area is 218 Å². The van der Waals surface area contributed by atoms with Crippen LogP contribution in [0.3, 0.4) is 0 Å². The van der Waals surface area contributed by atoms with Gasteiger partial charge in [0.25, 0.3) is 5.91 Å². The number of carbonyl (C=O) groups excluding carboxylic acids is 1. The number of ether oxygens (including phenoxy) is 2. The SMILES string of the molecule is C=C(OCC)C1C=CC=CC1/C=C/CN1CCC(CN(C(=C)/C=C\C=C/C)C(=O)COC)CC1.CO. The first-order valence-corrected chi connectivity index (χ1v) is 12.8. The average Bonchev–Trinajstić information content (AvgIpc) is 2.90. The van der Waals surface area contributed by atoms with E-state index in [-0.39, 0.29) is 24.3 Å². The van der Waals surface area contributed by atoms with Crippen molar-refractivity contribution >= 4 is 5.91 Å². The van der Waals surface area contributed by atoms with Crippen LogP contribution in [-0.4, -0.2) is 74.4 Å². The topological polar surface area (TPSA) is 62.2 Å². The molecule has 1 N–H and O–H groups in total. The Bertz CT molecular complexity index is 817. The smallest absolute Gasteiger partial charge is 0.252 e. The maximum absolute atomic E-state index is 12.6. The zero-order valence-electron chi connectivity index (χ0n) is 22.6. The molecule has 2 unspecified atom stereocenters. The number of aliphatic hydroxyl groups is 1. The fraction of sp³-hybridized carbons (Fsp3) is 0.500. The Hall–Kier alpha value is -2.67. The van der Waals surface area contributed by atoms with Crippen LogP contribution in [0.4, 0.5) is 0 Å². The number of hydrogen-bond acceptors (Lipinski definition) is 5. The highest BCUT2D eigenvalue weighted by Gasteiger charge is 2.25. The van der Waals surface area contributed by atoms with E-state index in [2.05, 4.69) is 54.5 Å². The minimum absolute atomic E-state index is 0.0410. The van der Waals surface area contributed by atoms with Gasteiger partial charge in [-0.05, 0) is 51.8 Å².